The first-order chi connectivity index (χ1) is 16.5. The van der Waals surface area contributed by atoms with Gasteiger partial charge in [-0.05, 0) is 60.5 Å². The summed E-state index contributed by atoms with van der Waals surface area (Å²) in [7, 11) is 0. The van der Waals surface area contributed by atoms with Gasteiger partial charge in [0.25, 0.3) is 5.91 Å². The molecule has 0 N–H and O–H groups in total. The Hall–Kier alpha value is -2.96. The van der Waals surface area contributed by atoms with E-state index in [0.717, 1.165) is 13.0 Å². The smallest absolute Gasteiger partial charge is 0.254 e. The minimum Gasteiger partial charge on any atom is -0.338 e. The van der Waals surface area contributed by atoms with Gasteiger partial charge in [0.15, 0.2) is 0 Å². The lowest BCUT2D eigenvalue weighted by Crippen LogP contribution is -2.57. The molecule has 2 aliphatic heterocycles. The third-order valence-electron chi connectivity index (χ3n) is 7.15. The Bertz CT molecular complexity index is 1180. The van der Waals surface area contributed by atoms with Crippen molar-refractivity contribution in [3.8, 4) is 0 Å². The van der Waals surface area contributed by atoms with Crippen LogP contribution in [0.2, 0.25) is 0 Å². The van der Waals surface area contributed by atoms with Crippen LogP contribution in [0, 0.1) is 6.92 Å². The molecule has 2 amide bonds. The first-order valence-electron chi connectivity index (χ1n) is 12.0. The molecule has 176 valence electrons. The summed E-state index contributed by atoms with van der Waals surface area (Å²) >= 11 is 1.82. The molecule has 2 atom stereocenters. The molecule has 1 saturated heterocycles. The zero-order chi connectivity index (χ0) is 23.7. The molecule has 5 rings (SSSR count). The number of piperazine rings is 1. The van der Waals surface area contributed by atoms with Gasteiger partial charge in [-0.2, -0.15) is 0 Å². The number of hydrogen-bond acceptors (Lipinski definition) is 4. The van der Waals surface area contributed by atoms with Crippen LogP contribution in [0.5, 0.6) is 0 Å². The largest absolute Gasteiger partial charge is 0.338 e. The maximum atomic E-state index is 13.5. The van der Waals surface area contributed by atoms with Gasteiger partial charge in [-0.3, -0.25) is 14.5 Å². The molecule has 0 bridgehead atoms. The van der Waals surface area contributed by atoms with Gasteiger partial charge in [-0.15, -0.1) is 11.3 Å². The maximum absolute atomic E-state index is 13.5. The van der Waals surface area contributed by atoms with Gasteiger partial charge in [0.05, 0.1) is 12.6 Å². The summed E-state index contributed by atoms with van der Waals surface area (Å²) in [4.78, 5) is 34.0. The van der Waals surface area contributed by atoms with Gasteiger partial charge < -0.3 is 9.80 Å². The number of benzene rings is 2. The molecule has 6 heteroatoms. The second-order valence-corrected chi connectivity index (χ2v) is 10.3. The van der Waals surface area contributed by atoms with Crippen LogP contribution in [0.15, 0.2) is 66.0 Å². The molecule has 2 aromatic carbocycles. The molecule has 0 aliphatic carbocycles. The molecule has 1 fully saturated rings. The average molecular weight is 474 g/mol. The van der Waals surface area contributed by atoms with E-state index in [1.807, 2.05) is 58.4 Å². The van der Waals surface area contributed by atoms with Gasteiger partial charge in [0, 0.05) is 42.7 Å². The topological polar surface area (TPSA) is 43.9 Å². The van der Waals surface area contributed by atoms with Gasteiger partial charge in [0.2, 0.25) is 5.91 Å². The van der Waals surface area contributed by atoms with Crippen molar-refractivity contribution < 1.29 is 9.59 Å². The van der Waals surface area contributed by atoms with Crippen LogP contribution in [0.25, 0.3) is 0 Å². The summed E-state index contributed by atoms with van der Waals surface area (Å²) in [6, 6.07) is 20.2. The van der Waals surface area contributed by atoms with Crippen molar-refractivity contribution in [3.05, 3.63) is 93.2 Å². The number of amides is 2. The molecule has 2 unspecified atom stereocenters. The van der Waals surface area contributed by atoms with Crippen LogP contribution >= 0.6 is 11.3 Å². The Labute approximate surface area is 205 Å². The fourth-order valence-electron chi connectivity index (χ4n) is 5.30. The van der Waals surface area contributed by atoms with Crippen molar-refractivity contribution >= 4 is 23.2 Å². The predicted molar refractivity (Wildman–Crippen MR) is 136 cm³/mol. The van der Waals surface area contributed by atoms with E-state index in [9.17, 15) is 9.59 Å². The molecule has 2 aliphatic rings. The van der Waals surface area contributed by atoms with E-state index in [2.05, 4.69) is 47.5 Å². The first-order valence-corrected chi connectivity index (χ1v) is 12.9. The number of carbonyl (C=O) groups is 2. The summed E-state index contributed by atoms with van der Waals surface area (Å²) in [5.41, 5.74) is 4.58. The zero-order valence-corrected chi connectivity index (χ0v) is 20.6. The van der Waals surface area contributed by atoms with E-state index in [-0.39, 0.29) is 23.9 Å². The quantitative estimate of drug-likeness (QED) is 0.565. The van der Waals surface area contributed by atoms with Crippen molar-refractivity contribution in [1.29, 1.82) is 0 Å². The summed E-state index contributed by atoms with van der Waals surface area (Å²) in [5, 5.41) is 2.17. The van der Waals surface area contributed by atoms with Crippen molar-refractivity contribution in [3.63, 3.8) is 0 Å². The maximum Gasteiger partial charge on any atom is 0.254 e. The fraction of sp³-hybridized carbons (Fsp3) is 0.357. The highest BCUT2D eigenvalue weighted by Gasteiger charge is 2.35. The highest BCUT2D eigenvalue weighted by Crippen LogP contribution is 2.38. The van der Waals surface area contributed by atoms with E-state index in [4.69, 9.17) is 0 Å². The Morgan fingerprint density at radius 1 is 0.941 bits per heavy atom. The molecule has 1 aromatic heterocycles. The number of thiophene rings is 1. The highest BCUT2D eigenvalue weighted by molar-refractivity contribution is 7.10. The molecule has 5 nitrogen and oxygen atoms in total. The van der Waals surface area contributed by atoms with E-state index in [1.54, 1.807) is 0 Å². The Kier molecular flexibility index (Phi) is 6.53. The number of carbonyl (C=O) groups excluding carboxylic acids is 2. The molecule has 0 radical (unpaired) electrons. The van der Waals surface area contributed by atoms with Crippen LogP contribution in [0.3, 0.4) is 0 Å². The second-order valence-electron chi connectivity index (χ2n) is 9.33. The van der Waals surface area contributed by atoms with E-state index < -0.39 is 0 Å². The van der Waals surface area contributed by atoms with E-state index in [0.29, 0.717) is 31.7 Å². The highest BCUT2D eigenvalue weighted by atomic mass is 32.1. The molecule has 34 heavy (non-hydrogen) atoms. The third kappa shape index (κ3) is 4.40. The molecule has 0 saturated carbocycles. The minimum atomic E-state index is -0.0117. The summed E-state index contributed by atoms with van der Waals surface area (Å²) < 4.78 is 0. The van der Waals surface area contributed by atoms with Crippen LogP contribution in [-0.2, 0) is 11.2 Å². The normalized spacial score (nSPS) is 20.8. The second kappa shape index (κ2) is 9.72. The first kappa shape index (κ1) is 22.8. The Balaban J connectivity index is 1.29. The van der Waals surface area contributed by atoms with Gasteiger partial charge in [-0.1, -0.05) is 42.5 Å². The van der Waals surface area contributed by atoms with Crippen molar-refractivity contribution in [2.45, 2.75) is 32.4 Å². The van der Waals surface area contributed by atoms with E-state index in [1.165, 1.54) is 21.6 Å². The van der Waals surface area contributed by atoms with Crippen molar-refractivity contribution in [1.82, 2.24) is 14.7 Å². The summed E-state index contributed by atoms with van der Waals surface area (Å²) in [6.07, 6.45) is 0.985. The number of hydrogen-bond donors (Lipinski definition) is 0. The van der Waals surface area contributed by atoms with Gasteiger partial charge >= 0.3 is 0 Å². The standard InChI is InChI=1S/C28H31N3O2S/c1-20-8-6-7-11-23(20)27-24-13-17-34-25(24)12-14-30(27)19-26(32)29-15-16-31(21(2)18-29)28(33)22-9-4-3-5-10-22/h3-11,13,17,21,27H,12,14-16,18-19H2,1-2H3. The number of rotatable bonds is 4. The average Bonchev–Trinajstić information content (AvgIpc) is 3.33. The van der Waals surface area contributed by atoms with Gasteiger partial charge in [-0.25, -0.2) is 0 Å². The van der Waals surface area contributed by atoms with Crippen molar-refractivity contribution in [2.24, 2.45) is 0 Å². The molecular formula is C28H31N3O2S. The van der Waals surface area contributed by atoms with Crippen LogP contribution in [0.1, 0.15) is 44.9 Å². The lowest BCUT2D eigenvalue weighted by Gasteiger charge is -2.42. The molecule has 3 heterocycles. The number of fused-ring (bicyclic) bond motifs is 1. The number of nitrogens with zero attached hydrogens (tertiary/aromatic N) is 3. The minimum absolute atomic E-state index is 0.0117. The van der Waals surface area contributed by atoms with Gasteiger partial charge in [0.1, 0.15) is 0 Å². The molecule has 3 aromatic rings. The monoisotopic (exact) mass is 473 g/mol. The van der Waals surface area contributed by atoms with Crippen molar-refractivity contribution in [2.75, 3.05) is 32.7 Å². The fourth-order valence-corrected chi connectivity index (χ4v) is 6.21. The Morgan fingerprint density at radius 2 is 1.71 bits per heavy atom. The molecule has 0 spiro atoms. The van der Waals surface area contributed by atoms with Crippen LogP contribution in [-0.4, -0.2) is 65.3 Å². The lowest BCUT2D eigenvalue weighted by atomic mass is 9.90. The lowest BCUT2D eigenvalue weighted by molar-refractivity contribution is -0.135. The predicted octanol–water partition coefficient (Wildman–Crippen LogP) is 4.38. The molecular weight excluding hydrogens is 442 g/mol. The zero-order valence-electron chi connectivity index (χ0n) is 19.8. The van der Waals surface area contributed by atoms with Crippen LogP contribution < -0.4 is 0 Å². The van der Waals surface area contributed by atoms with E-state index >= 15 is 0 Å². The summed E-state index contributed by atoms with van der Waals surface area (Å²) in [6.45, 7) is 7.18. The SMILES string of the molecule is Cc1ccccc1C1c2ccsc2CCN1CC(=O)N1CCN(C(=O)c2ccccc2)C(C)C1. The van der Waals surface area contributed by atoms with Crippen LogP contribution in [0.4, 0.5) is 0 Å². The Morgan fingerprint density at radius 3 is 2.47 bits per heavy atom. The third-order valence-corrected chi connectivity index (χ3v) is 8.15. The number of aryl methyl sites for hydroxylation is 1. The summed E-state index contributed by atoms with van der Waals surface area (Å²) in [5.74, 6) is 0.191.